The molecule has 0 fully saturated rings. The first kappa shape index (κ1) is 15.8. The smallest absolute Gasteiger partial charge is 0.253 e. The van der Waals surface area contributed by atoms with E-state index in [9.17, 15) is 19.2 Å². The van der Waals surface area contributed by atoms with Crippen LogP contribution >= 0.6 is 0 Å². The van der Waals surface area contributed by atoms with E-state index in [4.69, 9.17) is 0 Å². The van der Waals surface area contributed by atoms with Crippen molar-refractivity contribution in [1.29, 1.82) is 0 Å². The van der Waals surface area contributed by atoms with Crippen molar-refractivity contribution in [3.05, 3.63) is 12.2 Å². The van der Waals surface area contributed by atoms with Gasteiger partial charge < -0.3 is 16.0 Å². The molecule has 3 N–H and O–H groups in total. The summed E-state index contributed by atoms with van der Waals surface area (Å²) in [7, 11) is 1.65. The summed E-state index contributed by atoms with van der Waals surface area (Å²) in [6.07, 6.45) is 2.54. The Hall–Kier alpha value is -2.22. The number of hydrogen-bond acceptors (Lipinski definition) is 5. The van der Waals surface area contributed by atoms with Crippen LogP contribution in [0.5, 0.6) is 0 Å². The van der Waals surface area contributed by atoms with Crippen molar-refractivity contribution in [2.75, 3.05) is 33.2 Å². The van der Waals surface area contributed by atoms with Gasteiger partial charge in [0, 0.05) is 38.2 Å². The number of amides is 4. The van der Waals surface area contributed by atoms with Gasteiger partial charge in [-0.3, -0.25) is 24.1 Å². The monoisotopic (exact) mass is 282 g/mol. The second-order valence-electron chi connectivity index (χ2n) is 4.14. The highest BCUT2D eigenvalue weighted by Crippen LogP contribution is 2.01. The third-order valence-electron chi connectivity index (χ3n) is 2.57. The molecule has 0 aliphatic carbocycles. The summed E-state index contributed by atoms with van der Waals surface area (Å²) in [5, 5.41) is 7.84. The fourth-order valence-corrected chi connectivity index (χ4v) is 1.59. The molecule has 0 aromatic heterocycles. The summed E-state index contributed by atoms with van der Waals surface area (Å²) in [5.74, 6) is -1.17. The molecule has 1 aliphatic rings. The molecule has 0 radical (unpaired) electrons. The Morgan fingerprint density at radius 3 is 2.25 bits per heavy atom. The first-order valence-electron chi connectivity index (χ1n) is 6.26. The van der Waals surface area contributed by atoms with Crippen LogP contribution in [0.4, 0.5) is 0 Å². The molecule has 0 unspecified atom stereocenters. The van der Waals surface area contributed by atoms with Crippen LogP contribution in [-0.4, -0.2) is 61.8 Å². The standard InChI is InChI=1S/C12H18N4O4/c1-13-8-10(18)14-5-4-9(17)15-6-7-16-11(19)2-3-12(16)20/h2-3,13H,4-8H2,1H3,(H,14,18)(H,15,17). The molecule has 0 spiro atoms. The maximum atomic E-state index is 11.4. The Morgan fingerprint density at radius 2 is 1.65 bits per heavy atom. The minimum Gasteiger partial charge on any atom is -0.354 e. The molecule has 8 nitrogen and oxygen atoms in total. The zero-order valence-electron chi connectivity index (χ0n) is 11.3. The van der Waals surface area contributed by atoms with E-state index in [0.717, 1.165) is 4.90 Å². The lowest BCUT2D eigenvalue weighted by molar-refractivity contribution is -0.137. The van der Waals surface area contributed by atoms with E-state index in [1.165, 1.54) is 12.2 Å². The molecule has 0 aromatic rings. The molecule has 4 amide bonds. The molecule has 8 heteroatoms. The quantitative estimate of drug-likeness (QED) is 0.436. The summed E-state index contributed by atoms with van der Waals surface area (Å²) in [5.41, 5.74) is 0. The molecule has 1 heterocycles. The predicted octanol–water partition coefficient (Wildman–Crippen LogP) is -2.25. The molecule has 1 rings (SSSR count). The van der Waals surface area contributed by atoms with Gasteiger partial charge in [0.1, 0.15) is 0 Å². The number of imide groups is 1. The largest absolute Gasteiger partial charge is 0.354 e. The summed E-state index contributed by atoms with van der Waals surface area (Å²) < 4.78 is 0. The fraction of sp³-hybridized carbons (Fsp3) is 0.500. The maximum Gasteiger partial charge on any atom is 0.253 e. The van der Waals surface area contributed by atoms with Crippen LogP contribution in [0.3, 0.4) is 0 Å². The summed E-state index contributed by atoms with van der Waals surface area (Å²) >= 11 is 0. The zero-order valence-corrected chi connectivity index (χ0v) is 11.3. The van der Waals surface area contributed by atoms with Crippen molar-refractivity contribution < 1.29 is 19.2 Å². The van der Waals surface area contributed by atoms with Gasteiger partial charge in [0.05, 0.1) is 6.54 Å². The van der Waals surface area contributed by atoms with Gasteiger partial charge in [0.15, 0.2) is 0 Å². The van der Waals surface area contributed by atoms with Gasteiger partial charge in [0.2, 0.25) is 11.8 Å². The number of hydrogen-bond donors (Lipinski definition) is 3. The number of carbonyl (C=O) groups excluding carboxylic acids is 4. The lowest BCUT2D eigenvalue weighted by Crippen LogP contribution is -2.39. The molecule has 110 valence electrons. The van der Waals surface area contributed by atoms with Gasteiger partial charge >= 0.3 is 0 Å². The van der Waals surface area contributed by atoms with Crippen molar-refractivity contribution in [2.24, 2.45) is 0 Å². The molecule has 20 heavy (non-hydrogen) atoms. The van der Waals surface area contributed by atoms with Gasteiger partial charge in [0.25, 0.3) is 11.8 Å². The van der Waals surface area contributed by atoms with E-state index in [1.807, 2.05) is 0 Å². The van der Waals surface area contributed by atoms with Gasteiger partial charge in [-0.05, 0) is 7.05 Å². The number of likely N-dealkylation sites (N-methyl/N-ethyl adjacent to an activating group) is 1. The minimum atomic E-state index is -0.372. The van der Waals surface area contributed by atoms with Gasteiger partial charge in [-0.15, -0.1) is 0 Å². The van der Waals surface area contributed by atoms with Crippen molar-refractivity contribution >= 4 is 23.6 Å². The summed E-state index contributed by atoms with van der Waals surface area (Å²) in [6, 6.07) is 0. The molecule has 0 saturated carbocycles. The van der Waals surface area contributed by atoms with Crippen molar-refractivity contribution in [1.82, 2.24) is 20.9 Å². The predicted molar refractivity (Wildman–Crippen MR) is 70.4 cm³/mol. The van der Waals surface area contributed by atoms with Crippen LogP contribution in [0.2, 0.25) is 0 Å². The maximum absolute atomic E-state index is 11.4. The molecular formula is C12H18N4O4. The highest BCUT2D eigenvalue weighted by molar-refractivity contribution is 6.12. The molecule has 0 bridgehead atoms. The number of nitrogens with one attached hydrogen (secondary N) is 3. The first-order valence-corrected chi connectivity index (χ1v) is 6.26. The van der Waals surface area contributed by atoms with E-state index in [-0.39, 0.29) is 56.2 Å². The fourth-order valence-electron chi connectivity index (χ4n) is 1.59. The number of rotatable bonds is 8. The highest BCUT2D eigenvalue weighted by Gasteiger charge is 2.22. The van der Waals surface area contributed by atoms with Crippen molar-refractivity contribution in [2.45, 2.75) is 6.42 Å². The lowest BCUT2D eigenvalue weighted by Gasteiger charge is -2.14. The number of nitrogens with zero attached hydrogens (tertiary/aromatic N) is 1. The highest BCUT2D eigenvalue weighted by atomic mass is 16.2. The molecular weight excluding hydrogens is 264 g/mol. The Morgan fingerprint density at radius 1 is 1.05 bits per heavy atom. The van der Waals surface area contributed by atoms with E-state index in [0.29, 0.717) is 0 Å². The van der Waals surface area contributed by atoms with Crippen LogP contribution in [0.1, 0.15) is 6.42 Å². The second-order valence-corrected chi connectivity index (χ2v) is 4.14. The average molecular weight is 282 g/mol. The average Bonchev–Trinajstić information content (AvgIpc) is 2.70. The first-order chi connectivity index (χ1) is 9.54. The zero-order chi connectivity index (χ0) is 15.0. The Kier molecular flexibility index (Phi) is 6.38. The summed E-state index contributed by atoms with van der Waals surface area (Å²) in [6.45, 7) is 0.786. The Labute approximate surface area is 116 Å². The molecule has 0 aromatic carbocycles. The van der Waals surface area contributed by atoms with Crippen LogP contribution in [0.25, 0.3) is 0 Å². The second kappa shape index (κ2) is 8.05. The lowest BCUT2D eigenvalue weighted by atomic mass is 10.3. The minimum absolute atomic E-state index is 0.141. The van der Waals surface area contributed by atoms with Crippen LogP contribution < -0.4 is 16.0 Å². The van der Waals surface area contributed by atoms with Gasteiger partial charge in [-0.2, -0.15) is 0 Å². The van der Waals surface area contributed by atoms with E-state index in [1.54, 1.807) is 7.05 Å². The van der Waals surface area contributed by atoms with Crippen LogP contribution in [-0.2, 0) is 19.2 Å². The number of carbonyl (C=O) groups is 4. The van der Waals surface area contributed by atoms with Crippen molar-refractivity contribution in [3.63, 3.8) is 0 Å². The third-order valence-corrected chi connectivity index (χ3v) is 2.57. The molecule has 0 atom stereocenters. The van der Waals surface area contributed by atoms with E-state index >= 15 is 0 Å². The third kappa shape index (κ3) is 5.19. The Balaban J connectivity index is 2.10. The van der Waals surface area contributed by atoms with E-state index in [2.05, 4.69) is 16.0 Å². The molecule has 0 saturated heterocycles. The summed E-state index contributed by atoms with van der Waals surface area (Å²) in [4.78, 5) is 46.0. The van der Waals surface area contributed by atoms with Gasteiger partial charge in [-0.1, -0.05) is 0 Å². The molecule has 1 aliphatic heterocycles. The van der Waals surface area contributed by atoms with Crippen LogP contribution in [0, 0.1) is 0 Å². The van der Waals surface area contributed by atoms with Gasteiger partial charge in [-0.25, -0.2) is 0 Å². The topological polar surface area (TPSA) is 108 Å². The SMILES string of the molecule is CNCC(=O)NCCC(=O)NCCN1C(=O)C=CC1=O. The van der Waals surface area contributed by atoms with Crippen LogP contribution in [0.15, 0.2) is 12.2 Å². The van der Waals surface area contributed by atoms with Crippen molar-refractivity contribution in [3.8, 4) is 0 Å². The Bertz CT molecular complexity index is 415. The normalized spacial score (nSPS) is 13.8. The van der Waals surface area contributed by atoms with E-state index < -0.39 is 0 Å².